The van der Waals surface area contributed by atoms with Gasteiger partial charge in [-0.3, -0.25) is 9.69 Å². The molecule has 0 aliphatic carbocycles. The van der Waals surface area contributed by atoms with E-state index in [1.165, 1.54) is 4.90 Å². The monoisotopic (exact) mass is 383 g/mol. The summed E-state index contributed by atoms with van der Waals surface area (Å²) < 4.78 is 5.61. The molecule has 7 nitrogen and oxygen atoms in total. The van der Waals surface area contributed by atoms with Gasteiger partial charge >= 0.3 is 0 Å². The molecule has 0 aromatic heterocycles. The number of nitrogens with zero attached hydrogens (tertiary/aromatic N) is 1. The molecule has 1 saturated heterocycles. The highest BCUT2D eigenvalue weighted by Crippen LogP contribution is 2.41. The normalized spacial score (nSPS) is 31.3. The first-order valence-corrected chi connectivity index (χ1v) is 9.03. The zero-order chi connectivity index (χ0) is 19.8. The molecule has 4 N–H and O–H groups in total. The number of hydrogen-bond acceptors (Lipinski definition) is 6. The van der Waals surface area contributed by atoms with Gasteiger partial charge in [0.25, 0.3) is 5.91 Å². The molecule has 28 heavy (non-hydrogen) atoms. The lowest BCUT2D eigenvalue weighted by atomic mass is 9.97. The Hall–Kier alpha value is -2.55. The topological polar surface area (TPSA) is 110 Å². The van der Waals surface area contributed by atoms with E-state index in [0.29, 0.717) is 16.8 Å². The summed E-state index contributed by atoms with van der Waals surface area (Å²) in [6.07, 6.45) is -5.16. The van der Waals surface area contributed by atoms with Crippen LogP contribution in [0.25, 0.3) is 11.6 Å². The summed E-state index contributed by atoms with van der Waals surface area (Å²) in [7, 11) is 0. The lowest BCUT2D eigenvalue weighted by molar-refractivity contribution is -0.228. The molecule has 5 atom stereocenters. The fourth-order valence-electron chi connectivity index (χ4n) is 3.67. The molecule has 1 fully saturated rings. The number of aliphatic hydroxyl groups is 4. The third-order valence-corrected chi connectivity index (χ3v) is 5.14. The number of para-hydroxylation sites is 1. The average Bonchev–Trinajstić information content (AvgIpc) is 2.99. The number of benzene rings is 2. The Bertz CT molecular complexity index is 897. The molecule has 0 unspecified atom stereocenters. The summed E-state index contributed by atoms with van der Waals surface area (Å²) in [5.74, 6) is -0.394. The van der Waals surface area contributed by atoms with E-state index in [1.807, 2.05) is 36.4 Å². The molecule has 0 spiro atoms. The Morgan fingerprint density at radius 1 is 0.929 bits per heavy atom. The first-order valence-electron chi connectivity index (χ1n) is 9.03. The Morgan fingerprint density at radius 3 is 2.32 bits per heavy atom. The van der Waals surface area contributed by atoms with Crippen LogP contribution in [0, 0.1) is 0 Å². The van der Waals surface area contributed by atoms with E-state index in [1.54, 1.807) is 24.3 Å². The molecule has 0 bridgehead atoms. The lowest BCUT2D eigenvalue weighted by Crippen LogP contribution is -2.63. The molecule has 1 amide bonds. The van der Waals surface area contributed by atoms with E-state index < -0.39 is 43.2 Å². The number of aliphatic hydroxyl groups excluding tert-OH is 4. The minimum atomic E-state index is -1.56. The van der Waals surface area contributed by atoms with Crippen LogP contribution >= 0.6 is 0 Å². The molecule has 2 heterocycles. The summed E-state index contributed by atoms with van der Waals surface area (Å²) in [6.45, 7) is -0.558. The predicted octanol–water partition coefficient (Wildman–Crippen LogP) is 0.374. The number of hydrogen-bond donors (Lipinski definition) is 4. The van der Waals surface area contributed by atoms with E-state index in [2.05, 4.69) is 0 Å². The van der Waals surface area contributed by atoms with Crippen LogP contribution in [0.2, 0.25) is 0 Å². The molecule has 2 aliphatic rings. The maximum absolute atomic E-state index is 13.3. The van der Waals surface area contributed by atoms with Crippen LogP contribution in [0.3, 0.4) is 0 Å². The molecule has 0 saturated carbocycles. The fourth-order valence-corrected chi connectivity index (χ4v) is 3.67. The molecule has 2 aromatic carbocycles. The third-order valence-electron chi connectivity index (χ3n) is 5.14. The van der Waals surface area contributed by atoms with E-state index in [4.69, 9.17) is 4.74 Å². The second-order valence-corrected chi connectivity index (χ2v) is 6.88. The van der Waals surface area contributed by atoms with Gasteiger partial charge in [0.1, 0.15) is 24.4 Å². The first-order chi connectivity index (χ1) is 13.5. The van der Waals surface area contributed by atoms with Gasteiger partial charge in [-0.1, -0.05) is 48.5 Å². The second-order valence-electron chi connectivity index (χ2n) is 6.88. The Kier molecular flexibility index (Phi) is 5.01. The summed E-state index contributed by atoms with van der Waals surface area (Å²) >= 11 is 0. The van der Waals surface area contributed by atoms with Gasteiger partial charge in [0.2, 0.25) is 0 Å². The zero-order valence-corrected chi connectivity index (χ0v) is 14.9. The van der Waals surface area contributed by atoms with Gasteiger partial charge in [-0.15, -0.1) is 0 Å². The van der Waals surface area contributed by atoms with Crippen LogP contribution < -0.4 is 4.90 Å². The summed E-state index contributed by atoms with van der Waals surface area (Å²) in [6, 6.07) is 16.5. The number of ether oxygens (including phenoxy) is 1. The molecule has 0 radical (unpaired) electrons. The quantitative estimate of drug-likeness (QED) is 0.570. The number of carbonyl (C=O) groups is 1. The SMILES string of the molecule is O=C1/C(=C/c2ccccc2)c2ccccc2N1[C@@H]1O[C@H](CO)[C@@H](O)[C@H](O)[C@H]1O. The van der Waals surface area contributed by atoms with E-state index in [0.717, 1.165) is 5.56 Å². The number of anilines is 1. The Balaban J connectivity index is 1.76. The van der Waals surface area contributed by atoms with Crippen molar-refractivity contribution in [2.24, 2.45) is 0 Å². The summed E-state index contributed by atoms with van der Waals surface area (Å²) in [5, 5.41) is 40.0. The van der Waals surface area contributed by atoms with Crippen LogP contribution in [0.15, 0.2) is 54.6 Å². The van der Waals surface area contributed by atoms with Gasteiger partial charge in [-0.2, -0.15) is 0 Å². The molecule has 2 aliphatic heterocycles. The van der Waals surface area contributed by atoms with Gasteiger partial charge in [0, 0.05) is 11.1 Å². The molecular formula is C21H21NO6. The van der Waals surface area contributed by atoms with Gasteiger partial charge in [0.05, 0.1) is 12.3 Å². The van der Waals surface area contributed by atoms with Gasteiger partial charge in [-0.25, -0.2) is 0 Å². The largest absolute Gasteiger partial charge is 0.394 e. The van der Waals surface area contributed by atoms with Crippen molar-refractivity contribution >= 4 is 23.2 Å². The number of rotatable bonds is 3. The van der Waals surface area contributed by atoms with Crippen molar-refractivity contribution in [2.75, 3.05) is 11.5 Å². The minimum absolute atomic E-state index is 0.394. The van der Waals surface area contributed by atoms with Crippen molar-refractivity contribution in [1.82, 2.24) is 0 Å². The third kappa shape index (κ3) is 3.03. The first kappa shape index (κ1) is 18.8. The van der Waals surface area contributed by atoms with E-state index in [9.17, 15) is 25.2 Å². The van der Waals surface area contributed by atoms with Gasteiger partial charge in [-0.05, 0) is 17.7 Å². The molecule has 4 rings (SSSR count). The smallest absolute Gasteiger partial charge is 0.261 e. The molecule has 2 aromatic rings. The standard InChI is InChI=1S/C21H21NO6/c23-11-16-17(24)18(25)19(26)21(28-16)22-15-9-5-4-8-13(15)14(20(22)27)10-12-6-2-1-3-7-12/h1-10,16-19,21,23-26H,11H2/b14-10+/t16-,17-,18+,19-,21-/m1/s1. The van der Waals surface area contributed by atoms with Crippen molar-refractivity contribution in [3.63, 3.8) is 0 Å². The van der Waals surface area contributed by atoms with Crippen LogP contribution in [-0.4, -0.2) is 63.6 Å². The fraction of sp³-hybridized carbons (Fsp3) is 0.286. The molecule has 7 heteroatoms. The second kappa shape index (κ2) is 7.46. The van der Waals surface area contributed by atoms with Crippen LogP contribution in [0.4, 0.5) is 5.69 Å². The van der Waals surface area contributed by atoms with E-state index >= 15 is 0 Å². The minimum Gasteiger partial charge on any atom is -0.394 e. The summed E-state index contributed by atoms with van der Waals surface area (Å²) in [5.41, 5.74) is 2.47. The molecular weight excluding hydrogens is 362 g/mol. The highest BCUT2D eigenvalue weighted by Gasteiger charge is 2.49. The number of amides is 1. The van der Waals surface area contributed by atoms with Crippen molar-refractivity contribution < 1.29 is 30.0 Å². The average molecular weight is 383 g/mol. The lowest BCUT2D eigenvalue weighted by Gasteiger charge is -2.43. The van der Waals surface area contributed by atoms with Crippen molar-refractivity contribution in [3.05, 3.63) is 65.7 Å². The van der Waals surface area contributed by atoms with Crippen LogP contribution in [0.1, 0.15) is 11.1 Å². The van der Waals surface area contributed by atoms with Crippen molar-refractivity contribution in [3.8, 4) is 0 Å². The van der Waals surface area contributed by atoms with E-state index in [-0.39, 0.29) is 0 Å². The Morgan fingerprint density at radius 2 is 1.61 bits per heavy atom. The maximum Gasteiger partial charge on any atom is 0.261 e. The zero-order valence-electron chi connectivity index (χ0n) is 14.9. The van der Waals surface area contributed by atoms with Gasteiger partial charge < -0.3 is 25.2 Å². The van der Waals surface area contributed by atoms with Crippen molar-refractivity contribution in [1.29, 1.82) is 0 Å². The Labute approximate surface area is 161 Å². The van der Waals surface area contributed by atoms with Crippen LogP contribution in [0.5, 0.6) is 0 Å². The van der Waals surface area contributed by atoms with Gasteiger partial charge in [0.15, 0.2) is 6.23 Å². The maximum atomic E-state index is 13.3. The number of carbonyl (C=O) groups excluding carboxylic acids is 1. The van der Waals surface area contributed by atoms with Crippen LogP contribution in [-0.2, 0) is 9.53 Å². The summed E-state index contributed by atoms with van der Waals surface area (Å²) in [4.78, 5) is 14.5. The molecule has 146 valence electrons. The highest BCUT2D eigenvalue weighted by molar-refractivity contribution is 6.36. The predicted molar refractivity (Wildman–Crippen MR) is 102 cm³/mol. The highest BCUT2D eigenvalue weighted by atomic mass is 16.6. The number of fused-ring (bicyclic) bond motifs is 1. The van der Waals surface area contributed by atoms with Crippen molar-refractivity contribution in [2.45, 2.75) is 30.6 Å².